The van der Waals surface area contributed by atoms with Gasteiger partial charge in [0.1, 0.15) is 29.1 Å². The quantitative estimate of drug-likeness (QED) is 0.229. The lowest BCUT2D eigenvalue weighted by atomic mass is 10.1. The van der Waals surface area contributed by atoms with Gasteiger partial charge in [0.05, 0.1) is 40.2 Å². The molecule has 0 aliphatic rings. The monoisotopic (exact) mass is 560 g/mol. The number of aromatic nitrogens is 3. The summed E-state index contributed by atoms with van der Waals surface area (Å²) in [6, 6.07) is 15.5. The molecular weight excluding hydrogens is 538 g/mol. The molecule has 0 aliphatic carbocycles. The predicted octanol–water partition coefficient (Wildman–Crippen LogP) is 5.82. The number of hydrogen-bond acceptors (Lipinski definition) is 7. The van der Waals surface area contributed by atoms with Gasteiger partial charge < -0.3 is 19.1 Å². The van der Waals surface area contributed by atoms with E-state index in [0.29, 0.717) is 51.7 Å². The van der Waals surface area contributed by atoms with Crippen molar-refractivity contribution in [2.75, 3.05) is 13.7 Å². The van der Waals surface area contributed by atoms with Gasteiger partial charge in [-0.3, -0.25) is 0 Å². The Morgan fingerprint density at radius 1 is 1.07 bits per heavy atom. The number of fused-ring (bicyclic) bond motifs is 1. The number of thiazole rings is 1. The summed E-state index contributed by atoms with van der Waals surface area (Å²) in [5.41, 5.74) is 2.89. The van der Waals surface area contributed by atoms with Crippen LogP contribution in [-0.2, 0) is 24.3 Å². The number of carboxylic acid groups (broad SMARTS) is 1. The molecule has 0 radical (unpaired) electrons. The van der Waals surface area contributed by atoms with Crippen molar-refractivity contribution in [2.24, 2.45) is 0 Å². The van der Waals surface area contributed by atoms with Gasteiger partial charge in [0, 0.05) is 31.2 Å². The third kappa shape index (κ3) is 5.68. The van der Waals surface area contributed by atoms with Gasteiger partial charge in [0.15, 0.2) is 0 Å². The van der Waals surface area contributed by atoms with E-state index in [1.54, 1.807) is 36.8 Å². The maximum absolute atomic E-state index is 15.3. The van der Waals surface area contributed by atoms with E-state index in [4.69, 9.17) is 14.7 Å². The number of ether oxygens (including phenoxy) is 2. The molecule has 0 saturated heterocycles. The Labute approximate surface area is 231 Å². The normalized spacial score (nSPS) is 11.1. The number of methoxy groups -OCH3 is 1. The summed E-state index contributed by atoms with van der Waals surface area (Å²) in [6.07, 6.45) is 0.190. The molecule has 2 heterocycles. The van der Waals surface area contributed by atoms with E-state index >= 15 is 4.39 Å². The van der Waals surface area contributed by atoms with E-state index in [0.717, 1.165) is 6.07 Å². The first-order chi connectivity index (χ1) is 19.4. The minimum Gasteiger partial charge on any atom is -0.478 e. The molecule has 0 aliphatic heterocycles. The second-order valence-corrected chi connectivity index (χ2v) is 9.72. The van der Waals surface area contributed by atoms with E-state index in [1.807, 2.05) is 10.6 Å². The number of aromatic carboxylic acids is 1. The van der Waals surface area contributed by atoms with Crippen molar-refractivity contribution >= 4 is 28.3 Å². The molecule has 40 heavy (non-hydrogen) atoms. The summed E-state index contributed by atoms with van der Waals surface area (Å²) in [5, 5.41) is 20.4. The van der Waals surface area contributed by atoms with Crippen molar-refractivity contribution in [1.82, 2.24) is 14.5 Å². The maximum atomic E-state index is 15.3. The zero-order valence-corrected chi connectivity index (χ0v) is 22.0. The van der Waals surface area contributed by atoms with Crippen LogP contribution in [0.2, 0.25) is 0 Å². The molecule has 0 amide bonds. The van der Waals surface area contributed by atoms with Crippen LogP contribution in [0, 0.1) is 23.0 Å². The standard InChI is InChI=1S/C29H22F2N4O4S/c1-38-9-8-35-25-12-20(29(36)37)6-7-24(25)33-26(35)13-18-4-5-19(11-23(18)31)28-34-27(16-40-28)39-15-21-3-2-17(14-32)10-22(21)30/h2-7,10-12,16H,8-9,13,15H2,1H3,(H,36,37). The zero-order chi connectivity index (χ0) is 28.2. The molecule has 8 nitrogen and oxygen atoms in total. The SMILES string of the molecule is COCCn1c(Cc2ccc(-c3nc(OCc4ccc(C#N)cc4F)cs3)cc2F)nc2ccc(C(=O)O)cc21. The number of benzene rings is 3. The van der Waals surface area contributed by atoms with Crippen LogP contribution >= 0.6 is 11.3 Å². The number of hydrogen-bond donors (Lipinski definition) is 1. The molecule has 0 fully saturated rings. The molecule has 0 bridgehead atoms. The number of carbonyl (C=O) groups is 1. The van der Waals surface area contributed by atoms with Crippen LogP contribution in [0.5, 0.6) is 5.88 Å². The number of halogens is 2. The van der Waals surface area contributed by atoms with Crippen molar-refractivity contribution in [3.8, 4) is 22.5 Å². The fraction of sp³-hybridized carbons (Fsp3) is 0.172. The van der Waals surface area contributed by atoms with Gasteiger partial charge in [-0.25, -0.2) is 23.5 Å². The van der Waals surface area contributed by atoms with Gasteiger partial charge in [-0.1, -0.05) is 18.2 Å². The van der Waals surface area contributed by atoms with Crippen LogP contribution in [0.1, 0.15) is 32.9 Å². The van der Waals surface area contributed by atoms with Gasteiger partial charge in [-0.2, -0.15) is 5.26 Å². The highest BCUT2D eigenvalue weighted by Gasteiger charge is 2.17. The van der Waals surface area contributed by atoms with Crippen LogP contribution in [0.25, 0.3) is 21.6 Å². The van der Waals surface area contributed by atoms with Crippen LogP contribution < -0.4 is 4.74 Å². The van der Waals surface area contributed by atoms with Crippen molar-refractivity contribution in [1.29, 1.82) is 5.26 Å². The highest BCUT2D eigenvalue weighted by Crippen LogP contribution is 2.30. The van der Waals surface area contributed by atoms with E-state index in [9.17, 15) is 14.3 Å². The average molecular weight is 561 g/mol. The first-order valence-corrected chi connectivity index (χ1v) is 13.0. The molecule has 0 atom stereocenters. The Hall–Kier alpha value is -4.66. The van der Waals surface area contributed by atoms with Crippen LogP contribution in [0.15, 0.2) is 60.0 Å². The predicted molar refractivity (Wildman–Crippen MR) is 144 cm³/mol. The topological polar surface area (TPSA) is 110 Å². The summed E-state index contributed by atoms with van der Waals surface area (Å²) in [6.45, 7) is 0.745. The molecule has 11 heteroatoms. The number of carboxylic acids is 1. The summed E-state index contributed by atoms with van der Waals surface area (Å²) < 4.78 is 42.0. The zero-order valence-electron chi connectivity index (χ0n) is 21.2. The largest absolute Gasteiger partial charge is 0.478 e. The highest BCUT2D eigenvalue weighted by atomic mass is 32.1. The average Bonchev–Trinajstić information content (AvgIpc) is 3.56. The van der Waals surface area contributed by atoms with E-state index in [-0.39, 0.29) is 30.0 Å². The summed E-state index contributed by atoms with van der Waals surface area (Å²) in [7, 11) is 1.57. The van der Waals surface area contributed by atoms with Crippen LogP contribution in [-0.4, -0.2) is 39.3 Å². The van der Waals surface area contributed by atoms with Crippen molar-refractivity contribution in [3.05, 3.63) is 99.7 Å². The lowest BCUT2D eigenvalue weighted by molar-refractivity contribution is 0.0697. The van der Waals surface area contributed by atoms with Gasteiger partial charge in [0.25, 0.3) is 0 Å². The first kappa shape index (κ1) is 26.9. The van der Waals surface area contributed by atoms with Crippen LogP contribution in [0.3, 0.4) is 0 Å². The third-order valence-electron chi connectivity index (χ3n) is 6.28. The molecule has 202 valence electrons. The Kier molecular flexibility index (Phi) is 7.82. The molecule has 0 saturated carbocycles. The van der Waals surface area contributed by atoms with Gasteiger partial charge in [0.2, 0.25) is 5.88 Å². The van der Waals surface area contributed by atoms with Crippen molar-refractivity contribution in [2.45, 2.75) is 19.6 Å². The molecule has 5 aromatic rings. The minimum atomic E-state index is -1.04. The molecule has 5 rings (SSSR count). The summed E-state index contributed by atoms with van der Waals surface area (Å²) >= 11 is 1.27. The lowest BCUT2D eigenvalue weighted by Crippen LogP contribution is -2.10. The molecule has 2 aromatic heterocycles. The molecule has 1 N–H and O–H groups in total. The smallest absolute Gasteiger partial charge is 0.335 e. The van der Waals surface area contributed by atoms with E-state index in [2.05, 4.69) is 9.97 Å². The highest BCUT2D eigenvalue weighted by molar-refractivity contribution is 7.13. The van der Waals surface area contributed by atoms with E-state index < -0.39 is 17.6 Å². The number of nitrogens with zero attached hydrogens (tertiary/aromatic N) is 4. The third-order valence-corrected chi connectivity index (χ3v) is 7.15. The van der Waals surface area contributed by atoms with E-state index in [1.165, 1.54) is 35.6 Å². The lowest BCUT2D eigenvalue weighted by Gasteiger charge is -2.10. The van der Waals surface area contributed by atoms with Crippen molar-refractivity contribution < 1.29 is 28.2 Å². The number of nitriles is 1. The Morgan fingerprint density at radius 2 is 1.88 bits per heavy atom. The second kappa shape index (κ2) is 11.6. The fourth-order valence-electron chi connectivity index (χ4n) is 4.21. The second-order valence-electron chi connectivity index (χ2n) is 8.86. The van der Waals surface area contributed by atoms with Crippen molar-refractivity contribution in [3.63, 3.8) is 0 Å². The molecule has 0 spiro atoms. The molecular formula is C29H22F2N4O4S. The fourth-order valence-corrected chi connectivity index (χ4v) is 4.95. The van der Waals surface area contributed by atoms with Gasteiger partial charge in [-0.05, 0) is 42.0 Å². The van der Waals surface area contributed by atoms with Crippen LogP contribution in [0.4, 0.5) is 8.78 Å². The first-order valence-electron chi connectivity index (χ1n) is 12.1. The molecule has 3 aromatic carbocycles. The van der Waals surface area contributed by atoms with Gasteiger partial charge in [-0.15, -0.1) is 11.3 Å². The minimum absolute atomic E-state index is 0.0634. The molecule has 0 unspecified atom stereocenters. The Morgan fingerprint density at radius 3 is 2.60 bits per heavy atom. The Balaban J connectivity index is 1.34. The maximum Gasteiger partial charge on any atom is 0.335 e. The summed E-state index contributed by atoms with van der Waals surface area (Å²) in [4.78, 5) is 20.5. The number of imidazole rings is 1. The summed E-state index contributed by atoms with van der Waals surface area (Å²) in [5.74, 6) is -1.15. The van der Waals surface area contributed by atoms with Gasteiger partial charge >= 0.3 is 5.97 Å². The Bertz CT molecular complexity index is 1760. The number of rotatable bonds is 10.